The van der Waals surface area contributed by atoms with Gasteiger partial charge in [-0.15, -0.1) is 0 Å². The first-order valence-corrected chi connectivity index (χ1v) is 16.4. The Hall–Kier alpha value is -5.86. The molecule has 2 nitrogen and oxygen atoms in total. The quantitative estimate of drug-likeness (QED) is 0.190. The lowest BCUT2D eigenvalue weighted by molar-refractivity contribution is 0.660. The third-order valence-corrected chi connectivity index (χ3v) is 9.98. The van der Waals surface area contributed by atoms with E-state index in [4.69, 9.17) is 0 Å². The van der Waals surface area contributed by atoms with Gasteiger partial charge in [0.2, 0.25) is 0 Å². The van der Waals surface area contributed by atoms with Gasteiger partial charge in [-0.3, -0.25) is 0 Å². The molecule has 0 N–H and O–H groups in total. The predicted octanol–water partition coefficient (Wildman–Crippen LogP) is 12.2. The highest BCUT2D eigenvalue weighted by Gasteiger charge is 2.37. The van der Waals surface area contributed by atoms with E-state index < -0.39 is 0 Å². The molecular weight excluding hydrogens is 569 g/mol. The highest BCUT2D eigenvalue weighted by molar-refractivity contribution is 6.09. The standard InChI is InChI=1S/C45H34N2/c1-45(2)39-21-9-6-20-38(39)44-40(45)22-13-25-43(44)46(35-17-12-16-32(30-35)31-14-4-3-5-15-31)33-26-28-34(29-27-33)47-41-23-10-7-18-36(41)37-19-8-11-24-42(37)47/h3-30H,1-2H3. The molecule has 8 aromatic rings. The van der Waals surface area contributed by atoms with Crippen molar-refractivity contribution in [1.82, 2.24) is 4.57 Å². The van der Waals surface area contributed by atoms with Gasteiger partial charge in [-0.2, -0.15) is 0 Å². The van der Waals surface area contributed by atoms with Gasteiger partial charge in [-0.25, -0.2) is 0 Å². The summed E-state index contributed by atoms with van der Waals surface area (Å²) in [5, 5.41) is 2.54. The van der Waals surface area contributed by atoms with Crippen LogP contribution in [0.4, 0.5) is 17.1 Å². The molecule has 0 saturated carbocycles. The minimum Gasteiger partial charge on any atom is -0.310 e. The number of anilines is 3. The van der Waals surface area contributed by atoms with Crippen molar-refractivity contribution in [3.8, 4) is 27.9 Å². The predicted molar refractivity (Wildman–Crippen MR) is 198 cm³/mol. The third-order valence-electron chi connectivity index (χ3n) is 9.98. The van der Waals surface area contributed by atoms with Crippen LogP contribution in [0.1, 0.15) is 25.0 Å². The van der Waals surface area contributed by atoms with E-state index in [-0.39, 0.29) is 5.41 Å². The Morgan fingerprint density at radius 1 is 0.468 bits per heavy atom. The summed E-state index contributed by atoms with van der Waals surface area (Å²) in [7, 11) is 0. The Kier molecular flexibility index (Phi) is 6.20. The lowest BCUT2D eigenvalue weighted by Crippen LogP contribution is -2.16. The van der Waals surface area contributed by atoms with Crippen molar-refractivity contribution >= 4 is 38.9 Å². The number of fused-ring (bicyclic) bond motifs is 6. The molecule has 0 unspecified atom stereocenters. The fraction of sp³-hybridized carbons (Fsp3) is 0.0667. The maximum Gasteiger partial charge on any atom is 0.0543 e. The summed E-state index contributed by atoms with van der Waals surface area (Å²) < 4.78 is 2.38. The average molecular weight is 603 g/mol. The van der Waals surface area contributed by atoms with Gasteiger partial charge in [0, 0.05) is 38.8 Å². The Morgan fingerprint density at radius 3 is 1.81 bits per heavy atom. The summed E-state index contributed by atoms with van der Waals surface area (Å²) in [6, 6.07) is 61.8. The molecule has 1 aliphatic carbocycles. The smallest absolute Gasteiger partial charge is 0.0543 e. The highest BCUT2D eigenvalue weighted by Crippen LogP contribution is 2.54. The van der Waals surface area contributed by atoms with Crippen molar-refractivity contribution in [2.45, 2.75) is 19.3 Å². The fourth-order valence-electron chi connectivity index (χ4n) is 7.76. The number of hydrogen-bond acceptors (Lipinski definition) is 1. The molecule has 1 aliphatic rings. The number of nitrogens with zero attached hydrogens (tertiary/aromatic N) is 2. The normalized spacial score (nSPS) is 13.1. The molecule has 0 amide bonds. The van der Waals surface area contributed by atoms with E-state index in [9.17, 15) is 0 Å². The zero-order valence-corrected chi connectivity index (χ0v) is 26.6. The molecule has 0 fully saturated rings. The van der Waals surface area contributed by atoms with E-state index >= 15 is 0 Å². The summed E-state index contributed by atoms with van der Waals surface area (Å²) in [6.45, 7) is 4.70. The number of para-hydroxylation sites is 2. The minimum atomic E-state index is -0.0834. The van der Waals surface area contributed by atoms with E-state index in [2.05, 4.69) is 193 Å². The van der Waals surface area contributed by atoms with Crippen molar-refractivity contribution in [3.63, 3.8) is 0 Å². The first kappa shape index (κ1) is 27.5. The molecule has 1 heterocycles. The molecule has 0 bridgehead atoms. The van der Waals surface area contributed by atoms with Crippen LogP contribution < -0.4 is 4.90 Å². The van der Waals surface area contributed by atoms with Gasteiger partial charge in [0.1, 0.15) is 0 Å². The molecule has 1 aromatic heterocycles. The van der Waals surface area contributed by atoms with Crippen LogP contribution in [0.15, 0.2) is 170 Å². The van der Waals surface area contributed by atoms with Crippen molar-refractivity contribution in [2.75, 3.05) is 4.90 Å². The van der Waals surface area contributed by atoms with Gasteiger partial charge >= 0.3 is 0 Å². The number of benzene rings is 7. The van der Waals surface area contributed by atoms with Gasteiger partial charge < -0.3 is 9.47 Å². The number of hydrogen-bond donors (Lipinski definition) is 0. The molecule has 0 saturated heterocycles. The van der Waals surface area contributed by atoms with E-state index in [1.165, 1.54) is 60.9 Å². The molecule has 9 rings (SSSR count). The molecule has 47 heavy (non-hydrogen) atoms. The topological polar surface area (TPSA) is 8.17 Å². The van der Waals surface area contributed by atoms with Crippen molar-refractivity contribution < 1.29 is 0 Å². The van der Waals surface area contributed by atoms with Crippen molar-refractivity contribution in [1.29, 1.82) is 0 Å². The third kappa shape index (κ3) is 4.26. The molecule has 7 aromatic carbocycles. The molecule has 224 valence electrons. The first-order chi connectivity index (χ1) is 23.1. The van der Waals surface area contributed by atoms with Crippen LogP contribution in [0.5, 0.6) is 0 Å². The van der Waals surface area contributed by atoms with Gasteiger partial charge in [-0.1, -0.05) is 129 Å². The SMILES string of the molecule is CC1(C)c2ccccc2-c2c(N(c3ccc(-n4c5ccccc5c5ccccc54)cc3)c3cccc(-c4ccccc4)c3)cccc21. The fourth-order valence-corrected chi connectivity index (χ4v) is 7.76. The van der Waals surface area contributed by atoms with Crippen LogP contribution in [0, 0.1) is 0 Å². The second-order valence-corrected chi connectivity index (χ2v) is 13.0. The van der Waals surface area contributed by atoms with Crippen molar-refractivity contribution in [2.24, 2.45) is 0 Å². The van der Waals surface area contributed by atoms with Gasteiger partial charge in [0.05, 0.1) is 16.7 Å². The Morgan fingerprint density at radius 2 is 1.06 bits per heavy atom. The van der Waals surface area contributed by atoms with E-state index in [0.29, 0.717) is 0 Å². The monoisotopic (exact) mass is 602 g/mol. The zero-order chi connectivity index (χ0) is 31.5. The van der Waals surface area contributed by atoms with E-state index in [1.807, 2.05) is 0 Å². The Balaban J connectivity index is 1.25. The Labute approximate surface area is 275 Å². The summed E-state index contributed by atoms with van der Waals surface area (Å²) in [5.41, 5.74) is 14.7. The molecule has 0 aliphatic heterocycles. The zero-order valence-electron chi connectivity index (χ0n) is 26.6. The molecule has 0 spiro atoms. The molecule has 0 atom stereocenters. The van der Waals surface area contributed by atoms with Crippen LogP contribution in [0.3, 0.4) is 0 Å². The van der Waals surface area contributed by atoms with Crippen LogP contribution in [0.2, 0.25) is 0 Å². The maximum absolute atomic E-state index is 2.44. The first-order valence-electron chi connectivity index (χ1n) is 16.4. The van der Waals surface area contributed by atoms with Crippen molar-refractivity contribution in [3.05, 3.63) is 181 Å². The number of rotatable bonds is 5. The minimum absolute atomic E-state index is 0.0834. The molecule has 2 heteroatoms. The lowest BCUT2D eigenvalue weighted by Gasteiger charge is -2.29. The van der Waals surface area contributed by atoms with Crippen LogP contribution in [-0.2, 0) is 5.41 Å². The second-order valence-electron chi connectivity index (χ2n) is 13.0. The van der Waals surface area contributed by atoms with Gasteiger partial charge in [0.25, 0.3) is 0 Å². The van der Waals surface area contributed by atoms with Crippen LogP contribution in [0.25, 0.3) is 49.7 Å². The largest absolute Gasteiger partial charge is 0.310 e. The lowest BCUT2D eigenvalue weighted by atomic mass is 9.82. The Bertz CT molecular complexity index is 2380. The van der Waals surface area contributed by atoms with Gasteiger partial charge in [-0.05, 0) is 82.4 Å². The summed E-state index contributed by atoms with van der Waals surface area (Å²) in [5.74, 6) is 0. The average Bonchev–Trinajstić information content (AvgIpc) is 3.59. The molecule has 0 radical (unpaired) electrons. The summed E-state index contributed by atoms with van der Waals surface area (Å²) in [6.07, 6.45) is 0. The van der Waals surface area contributed by atoms with Gasteiger partial charge in [0.15, 0.2) is 0 Å². The van der Waals surface area contributed by atoms with Crippen LogP contribution >= 0.6 is 0 Å². The summed E-state index contributed by atoms with van der Waals surface area (Å²) in [4.78, 5) is 2.44. The van der Waals surface area contributed by atoms with Crippen LogP contribution in [-0.4, -0.2) is 4.57 Å². The number of aromatic nitrogens is 1. The maximum atomic E-state index is 2.44. The van der Waals surface area contributed by atoms with E-state index in [1.54, 1.807) is 0 Å². The van der Waals surface area contributed by atoms with E-state index in [0.717, 1.165) is 17.1 Å². The second kappa shape index (κ2) is 10.6. The molecular formula is C45H34N2. The summed E-state index contributed by atoms with van der Waals surface area (Å²) >= 11 is 0. The highest BCUT2D eigenvalue weighted by atomic mass is 15.1.